The van der Waals surface area contributed by atoms with Crippen LogP contribution in [0.3, 0.4) is 0 Å². The number of Topliss-reactive ketones (excluding diaryl/α,β-unsaturated/α-hetero) is 1. The van der Waals surface area contributed by atoms with Gasteiger partial charge in [0.05, 0.1) is 5.56 Å². The van der Waals surface area contributed by atoms with E-state index < -0.39 is 5.97 Å². The molecule has 138 valence electrons. The Morgan fingerprint density at radius 1 is 1.00 bits per heavy atom. The quantitative estimate of drug-likeness (QED) is 0.513. The van der Waals surface area contributed by atoms with Gasteiger partial charge in [-0.2, -0.15) is 0 Å². The smallest absolute Gasteiger partial charge is 0.337 e. The number of hydrogen-bond acceptors (Lipinski definition) is 3. The first-order valence-corrected chi connectivity index (χ1v) is 9.95. The highest BCUT2D eigenvalue weighted by atomic mass is 35.5. The molecule has 0 spiro atoms. The topological polar surface area (TPSA) is 54.4 Å². The van der Waals surface area contributed by atoms with Gasteiger partial charge >= 0.3 is 5.97 Å². The van der Waals surface area contributed by atoms with E-state index in [9.17, 15) is 14.7 Å². The summed E-state index contributed by atoms with van der Waals surface area (Å²) < 4.78 is 0. The molecule has 3 aromatic rings. The Hall–Kier alpha value is -2.43. The molecule has 1 aromatic heterocycles. The second kappa shape index (κ2) is 8.98. The number of hydrogen-bond donors (Lipinski definition) is 1. The molecule has 0 aliphatic heterocycles. The average Bonchev–Trinajstić information content (AvgIpc) is 3.07. The van der Waals surface area contributed by atoms with Crippen molar-refractivity contribution in [3.05, 3.63) is 81.7 Å². The van der Waals surface area contributed by atoms with Gasteiger partial charge in [0.25, 0.3) is 0 Å². The predicted molar refractivity (Wildman–Crippen MR) is 110 cm³/mol. The Morgan fingerprint density at radius 3 is 2.37 bits per heavy atom. The van der Waals surface area contributed by atoms with E-state index in [1.165, 1.54) is 16.9 Å². The highest BCUT2D eigenvalue weighted by Gasteiger charge is 2.21. The fraction of sp³-hybridized carbons (Fsp3) is 0.182. The van der Waals surface area contributed by atoms with Crippen LogP contribution in [0.5, 0.6) is 0 Å². The molecule has 0 amide bonds. The van der Waals surface area contributed by atoms with Gasteiger partial charge < -0.3 is 5.11 Å². The van der Waals surface area contributed by atoms with Gasteiger partial charge in [0, 0.05) is 22.7 Å². The Bertz CT molecular complexity index is 930. The molecule has 0 fully saturated rings. The molecule has 1 heterocycles. The maximum atomic E-state index is 12.4. The molecule has 27 heavy (non-hydrogen) atoms. The summed E-state index contributed by atoms with van der Waals surface area (Å²) in [5, 5.41) is 12.0. The lowest BCUT2D eigenvalue weighted by Crippen LogP contribution is -2.07. The molecule has 3 nitrogen and oxygen atoms in total. The third kappa shape index (κ3) is 5.06. The van der Waals surface area contributed by atoms with E-state index >= 15 is 0 Å². The molecule has 5 heteroatoms. The molecule has 0 saturated carbocycles. The number of aryl methyl sites for hydroxylation is 1. The van der Waals surface area contributed by atoms with Crippen LogP contribution in [-0.2, 0) is 17.6 Å². The summed E-state index contributed by atoms with van der Waals surface area (Å²) >= 11 is 7.26. The summed E-state index contributed by atoms with van der Waals surface area (Å²) in [5.41, 5.74) is 2.81. The molecule has 1 N–H and O–H groups in total. The minimum Gasteiger partial charge on any atom is -0.478 e. The fourth-order valence-corrected chi connectivity index (χ4v) is 4.20. The molecular weight excluding hydrogens is 380 g/mol. The van der Waals surface area contributed by atoms with E-state index in [1.54, 1.807) is 29.6 Å². The molecule has 0 radical (unpaired) electrons. The number of carbonyl (C=O) groups excluding carboxylic acids is 1. The van der Waals surface area contributed by atoms with Crippen molar-refractivity contribution in [2.45, 2.75) is 25.7 Å². The Labute approximate surface area is 167 Å². The summed E-state index contributed by atoms with van der Waals surface area (Å²) in [6.45, 7) is 0. The van der Waals surface area contributed by atoms with Crippen LogP contribution in [0.4, 0.5) is 0 Å². The number of ketones is 1. The van der Waals surface area contributed by atoms with Gasteiger partial charge in [-0.25, -0.2) is 4.79 Å². The zero-order valence-corrected chi connectivity index (χ0v) is 16.2. The number of halogens is 1. The van der Waals surface area contributed by atoms with Crippen LogP contribution in [0, 0.1) is 0 Å². The standard InChI is InChI=1S/C22H19ClO3S/c23-18-11-9-16(10-12-18)21-20(22(25)26)17(14-27-21)13-19(24)8-4-7-15-5-2-1-3-6-15/h1-3,5-6,9-12,14H,4,7-8,13H2,(H,25,26). The summed E-state index contributed by atoms with van der Waals surface area (Å²) in [7, 11) is 0. The SMILES string of the molecule is O=C(CCCc1ccccc1)Cc1csc(-c2ccc(Cl)cc2)c1C(=O)O. The molecular formula is C22H19ClO3S. The van der Waals surface area contributed by atoms with Crippen LogP contribution in [-0.4, -0.2) is 16.9 Å². The van der Waals surface area contributed by atoms with Crippen molar-refractivity contribution in [1.29, 1.82) is 0 Å². The first-order valence-electron chi connectivity index (χ1n) is 8.70. The summed E-state index contributed by atoms with van der Waals surface area (Å²) in [4.78, 5) is 24.8. The Kier molecular flexibility index (Phi) is 6.43. The van der Waals surface area contributed by atoms with E-state index in [4.69, 9.17) is 11.6 Å². The summed E-state index contributed by atoms with van der Waals surface area (Å²) in [6, 6.07) is 17.1. The second-order valence-corrected chi connectivity index (χ2v) is 7.65. The van der Waals surface area contributed by atoms with Crippen LogP contribution in [0.2, 0.25) is 5.02 Å². The molecule has 0 aliphatic rings. The van der Waals surface area contributed by atoms with Crippen LogP contribution < -0.4 is 0 Å². The average molecular weight is 399 g/mol. The Balaban J connectivity index is 1.68. The first kappa shape index (κ1) is 19.3. The molecule has 0 bridgehead atoms. The number of carboxylic acid groups (broad SMARTS) is 1. The number of carboxylic acids is 1. The van der Waals surface area contributed by atoms with Crippen LogP contribution >= 0.6 is 22.9 Å². The number of aromatic carboxylic acids is 1. The van der Waals surface area contributed by atoms with Gasteiger partial charge in [0.15, 0.2) is 0 Å². The maximum Gasteiger partial charge on any atom is 0.337 e. The molecule has 3 rings (SSSR count). The van der Waals surface area contributed by atoms with Gasteiger partial charge in [0.2, 0.25) is 0 Å². The largest absolute Gasteiger partial charge is 0.478 e. The van der Waals surface area contributed by atoms with Crippen molar-refractivity contribution in [2.24, 2.45) is 0 Å². The van der Waals surface area contributed by atoms with Crippen molar-refractivity contribution in [3.8, 4) is 10.4 Å². The van der Waals surface area contributed by atoms with Crippen molar-refractivity contribution in [1.82, 2.24) is 0 Å². The van der Waals surface area contributed by atoms with Crippen molar-refractivity contribution < 1.29 is 14.7 Å². The first-order chi connectivity index (χ1) is 13.0. The van der Waals surface area contributed by atoms with Crippen LogP contribution in [0.25, 0.3) is 10.4 Å². The molecule has 0 unspecified atom stereocenters. The van der Waals surface area contributed by atoms with Crippen molar-refractivity contribution in [3.63, 3.8) is 0 Å². The van der Waals surface area contributed by atoms with E-state index in [2.05, 4.69) is 0 Å². The van der Waals surface area contributed by atoms with Crippen LogP contribution in [0.1, 0.15) is 34.3 Å². The second-order valence-electron chi connectivity index (χ2n) is 6.33. The number of rotatable bonds is 8. The minimum absolute atomic E-state index is 0.0638. The zero-order valence-electron chi connectivity index (χ0n) is 14.7. The third-order valence-corrected chi connectivity index (χ3v) is 5.67. The molecule has 0 saturated heterocycles. The van der Waals surface area contributed by atoms with Gasteiger partial charge in [-0.05, 0) is 47.0 Å². The number of benzene rings is 2. The fourth-order valence-electron chi connectivity index (χ4n) is 3.01. The van der Waals surface area contributed by atoms with Gasteiger partial charge in [0.1, 0.15) is 5.78 Å². The summed E-state index contributed by atoms with van der Waals surface area (Å²) in [5.74, 6) is -0.942. The Morgan fingerprint density at radius 2 is 1.70 bits per heavy atom. The third-order valence-electron chi connectivity index (χ3n) is 4.34. The van der Waals surface area contributed by atoms with Gasteiger partial charge in [-0.3, -0.25) is 4.79 Å². The minimum atomic E-state index is -1.01. The van der Waals surface area contributed by atoms with E-state index in [-0.39, 0.29) is 17.8 Å². The normalized spacial score (nSPS) is 10.7. The lowest BCUT2D eigenvalue weighted by Gasteiger charge is -2.05. The van der Waals surface area contributed by atoms with Gasteiger partial charge in [-0.15, -0.1) is 11.3 Å². The highest BCUT2D eigenvalue weighted by Crippen LogP contribution is 2.34. The molecule has 2 aromatic carbocycles. The van der Waals surface area contributed by atoms with E-state index in [0.717, 1.165) is 18.4 Å². The zero-order chi connectivity index (χ0) is 19.2. The maximum absolute atomic E-state index is 12.4. The van der Waals surface area contributed by atoms with E-state index in [0.29, 0.717) is 21.9 Å². The van der Waals surface area contributed by atoms with Gasteiger partial charge in [-0.1, -0.05) is 54.1 Å². The number of carbonyl (C=O) groups is 2. The van der Waals surface area contributed by atoms with Crippen molar-refractivity contribution >= 4 is 34.7 Å². The predicted octanol–water partition coefficient (Wildman–Crippen LogP) is 5.90. The summed E-state index contributed by atoms with van der Waals surface area (Å²) in [6.07, 6.45) is 2.21. The number of thiophene rings is 1. The lowest BCUT2D eigenvalue weighted by atomic mass is 9.99. The monoisotopic (exact) mass is 398 g/mol. The van der Waals surface area contributed by atoms with E-state index in [1.807, 2.05) is 30.3 Å². The lowest BCUT2D eigenvalue weighted by molar-refractivity contribution is -0.118. The molecule has 0 atom stereocenters. The molecule has 0 aliphatic carbocycles. The van der Waals surface area contributed by atoms with Crippen LogP contribution in [0.15, 0.2) is 60.0 Å². The highest BCUT2D eigenvalue weighted by molar-refractivity contribution is 7.14. The van der Waals surface area contributed by atoms with Crippen molar-refractivity contribution in [2.75, 3.05) is 0 Å².